The van der Waals surface area contributed by atoms with Crippen LogP contribution in [0.2, 0.25) is 16.1 Å². The Morgan fingerprint density at radius 1 is 0.900 bits per heavy atom. The number of halogens is 2. The number of anilines is 2. The van der Waals surface area contributed by atoms with Crippen molar-refractivity contribution < 1.29 is 22.8 Å². The topological polar surface area (TPSA) is 138 Å². The quantitative estimate of drug-likeness (QED) is 0.0921. The van der Waals surface area contributed by atoms with Crippen molar-refractivity contribution in [2.75, 3.05) is 44.1 Å². The van der Waals surface area contributed by atoms with Crippen molar-refractivity contribution in [3.8, 4) is 17.9 Å². The summed E-state index contributed by atoms with van der Waals surface area (Å²) >= 11 is 13.7. The fraction of sp³-hybridized carbons (Fsp3) is 0.486. The molecule has 1 aliphatic carbocycles. The molecule has 0 aromatic heterocycles. The molecule has 1 fully saturated rings. The lowest BCUT2D eigenvalue weighted by atomic mass is 9.88. The maximum Gasteiger partial charge on any atom is 0.500 e. The number of nitrogens with zero attached hydrogens (tertiary/aromatic N) is 2. The Morgan fingerprint density at radius 2 is 1.50 bits per heavy atom. The highest BCUT2D eigenvalue weighted by Gasteiger charge is 2.39. The number of nitrogens with one attached hydrogen (secondary N) is 3. The Bertz CT molecular complexity index is 1710. The SMILES string of the molecule is CCO[Si](CCCNc1c(Cl)c(NC2CCCCC2NC(=O)C(C)c2ccc3cc(OC)ccc3c2)c(C#N)c(Cl)c1C#N)(OCC)OCC. The van der Waals surface area contributed by atoms with Crippen LogP contribution >= 0.6 is 23.2 Å². The van der Waals surface area contributed by atoms with Crippen LogP contribution in [0.5, 0.6) is 5.75 Å². The summed E-state index contributed by atoms with van der Waals surface area (Å²) in [5.41, 5.74) is 1.78. The Kier molecular flexibility index (Phi) is 14.6. The summed E-state index contributed by atoms with van der Waals surface area (Å²) in [5.74, 6) is 0.301. The fourth-order valence-electron chi connectivity index (χ4n) is 6.48. The van der Waals surface area contributed by atoms with Crippen LogP contribution in [-0.2, 0) is 18.1 Å². The number of rotatable bonds is 17. The van der Waals surface area contributed by atoms with Crippen molar-refractivity contribution in [3.05, 3.63) is 63.1 Å². The van der Waals surface area contributed by atoms with Crippen molar-refractivity contribution in [2.24, 2.45) is 0 Å². The molecule has 13 heteroatoms. The average molecular weight is 741 g/mol. The van der Waals surface area contributed by atoms with Gasteiger partial charge in [-0.25, -0.2) is 0 Å². The highest BCUT2D eigenvalue weighted by molar-refractivity contribution is 6.60. The first-order valence-electron chi connectivity index (χ1n) is 17.3. The van der Waals surface area contributed by atoms with E-state index in [2.05, 4.69) is 28.1 Å². The summed E-state index contributed by atoms with van der Waals surface area (Å²) < 4.78 is 23.3. The Hall–Kier alpha value is -3.55. The van der Waals surface area contributed by atoms with Crippen LogP contribution in [0.4, 0.5) is 11.4 Å². The second-order valence-corrected chi connectivity index (χ2v) is 15.7. The number of benzene rings is 3. The minimum absolute atomic E-state index is 0.0185. The summed E-state index contributed by atoms with van der Waals surface area (Å²) in [6.07, 6.45) is 4.01. The van der Waals surface area contributed by atoms with E-state index in [9.17, 15) is 15.3 Å². The van der Waals surface area contributed by atoms with Gasteiger partial charge in [0.05, 0.1) is 45.6 Å². The van der Waals surface area contributed by atoms with Gasteiger partial charge in [0.2, 0.25) is 5.91 Å². The number of carbonyl (C=O) groups is 1. The molecule has 3 aromatic carbocycles. The van der Waals surface area contributed by atoms with Crippen molar-refractivity contribution >= 4 is 60.1 Å². The van der Waals surface area contributed by atoms with Crippen LogP contribution in [0.25, 0.3) is 10.8 Å². The molecule has 268 valence electrons. The van der Waals surface area contributed by atoms with E-state index in [1.807, 2.05) is 64.1 Å². The molecule has 1 aliphatic rings. The summed E-state index contributed by atoms with van der Waals surface area (Å²) in [5, 5.41) is 32.5. The van der Waals surface area contributed by atoms with Gasteiger partial charge in [0.25, 0.3) is 0 Å². The van der Waals surface area contributed by atoms with Crippen LogP contribution < -0.4 is 20.7 Å². The van der Waals surface area contributed by atoms with Gasteiger partial charge in [-0.1, -0.05) is 60.3 Å². The van der Waals surface area contributed by atoms with E-state index < -0.39 is 14.7 Å². The van der Waals surface area contributed by atoms with Gasteiger partial charge in [-0.15, -0.1) is 0 Å². The van der Waals surface area contributed by atoms with E-state index in [4.69, 9.17) is 41.2 Å². The molecule has 0 spiro atoms. The van der Waals surface area contributed by atoms with E-state index in [0.29, 0.717) is 50.2 Å². The zero-order valence-electron chi connectivity index (χ0n) is 29.5. The second kappa shape index (κ2) is 18.6. The van der Waals surface area contributed by atoms with E-state index in [0.717, 1.165) is 47.8 Å². The molecular formula is C37H47Cl2N5O5Si. The number of amides is 1. The highest BCUT2D eigenvalue weighted by atomic mass is 35.5. The maximum atomic E-state index is 13.6. The second-order valence-electron chi connectivity index (χ2n) is 12.2. The van der Waals surface area contributed by atoms with Crippen LogP contribution in [-0.4, -0.2) is 60.3 Å². The van der Waals surface area contributed by atoms with Crippen LogP contribution in [0, 0.1) is 22.7 Å². The van der Waals surface area contributed by atoms with Crippen molar-refractivity contribution in [2.45, 2.75) is 83.8 Å². The number of fused-ring (bicyclic) bond motifs is 1. The summed E-state index contributed by atoms with van der Waals surface area (Å²) in [7, 11) is -1.22. The minimum Gasteiger partial charge on any atom is -0.497 e. The fourth-order valence-corrected chi connectivity index (χ4v) is 9.68. The summed E-state index contributed by atoms with van der Waals surface area (Å²) in [6, 6.07) is 16.3. The van der Waals surface area contributed by atoms with Gasteiger partial charge in [0, 0.05) is 44.5 Å². The number of carbonyl (C=O) groups excluding carboxylic acids is 1. The average Bonchev–Trinajstić information content (AvgIpc) is 3.12. The molecule has 0 bridgehead atoms. The monoisotopic (exact) mass is 739 g/mol. The molecule has 3 atom stereocenters. The number of methoxy groups -OCH3 is 1. The van der Waals surface area contributed by atoms with Gasteiger partial charge < -0.3 is 34.0 Å². The molecule has 0 radical (unpaired) electrons. The first-order chi connectivity index (χ1) is 24.1. The third-order valence-corrected chi connectivity index (χ3v) is 13.0. The smallest absolute Gasteiger partial charge is 0.497 e. The molecule has 0 aliphatic heterocycles. The Labute approximate surface area is 306 Å². The van der Waals surface area contributed by atoms with Gasteiger partial charge in [-0.3, -0.25) is 4.79 Å². The van der Waals surface area contributed by atoms with E-state index in [-0.39, 0.29) is 39.2 Å². The summed E-state index contributed by atoms with van der Waals surface area (Å²) in [4.78, 5) is 13.6. The third-order valence-electron chi connectivity index (χ3n) is 9.04. The van der Waals surface area contributed by atoms with Crippen LogP contribution in [0.1, 0.15) is 82.4 Å². The first kappa shape index (κ1) is 39.2. The molecule has 0 heterocycles. The van der Waals surface area contributed by atoms with Crippen molar-refractivity contribution in [1.29, 1.82) is 10.5 Å². The standard InChI is InChI=1S/C37H47Cl2N5O5Si/c1-6-47-50(48-7-2,49-8-3)19-11-18-42-35-29(22-40)33(38)30(23-41)36(34(35)39)43-31-12-9-10-13-32(31)44-37(45)24(4)25-14-15-27-21-28(46-5)17-16-26(27)20-25/h14-17,20-21,24,31-32,42-43H,6-13,18-19H2,1-5H3,(H,44,45). The molecule has 50 heavy (non-hydrogen) atoms. The maximum absolute atomic E-state index is 13.6. The zero-order chi connectivity index (χ0) is 36.3. The van der Waals surface area contributed by atoms with Crippen LogP contribution in [0.3, 0.4) is 0 Å². The van der Waals surface area contributed by atoms with Crippen molar-refractivity contribution in [1.82, 2.24) is 5.32 Å². The molecule has 10 nitrogen and oxygen atoms in total. The number of hydrogen-bond acceptors (Lipinski definition) is 9. The Morgan fingerprint density at radius 3 is 2.12 bits per heavy atom. The lowest BCUT2D eigenvalue weighted by Gasteiger charge is -2.35. The largest absolute Gasteiger partial charge is 0.500 e. The molecule has 0 saturated heterocycles. The molecule has 3 N–H and O–H groups in total. The third kappa shape index (κ3) is 9.21. The first-order valence-corrected chi connectivity index (χ1v) is 20.0. The predicted molar refractivity (Wildman–Crippen MR) is 201 cm³/mol. The Balaban J connectivity index is 1.53. The van der Waals surface area contributed by atoms with Gasteiger partial charge in [-0.05, 0) is 75.4 Å². The minimum atomic E-state index is -2.86. The number of ether oxygens (including phenoxy) is 1. The summed E-state index contributed by atoms with van der Waals surface area (Å²) in [6.45, 7) is 9.50. The zero-order valence-corrected chi connectivity index (χ0v) is 32.0. The van der Waals surface area contributed by atoms with Crippen molar-refractivity contribution in [3.63, 3.8) is 0 Å². The van der Waals surface area contributed by atoms with Crippen LogP contribution in [0.15, 0.2) is 36.4 Å². The molecule has 1 amide bonds. The molecular weight excluding hydrogens is 693 g/mol. The highest BCUT2D eigenvalue weighted by Crippen LogP contribution is 2.43. The lowest BCUT2D eigenvalue weighted by molar-refractivity contribution is -0.123. The van der Waals surface area contributed by atoms with Gasteiger partial charge in [-0.2, -0.15) is 10.5 Å². The lowest BCUT2D eigenvalue weighted by Crippen LogP contribution is -2.49. The number of hydrogen-bond donors (Lipinski definition) is 3. The van der Waals surface area contributed by atoms with E-state index >= 15 is 0 Å². The van der Waals surface area contributed by atoms with Gasteiger partial charge >= 0.3 is 8.80 Å². The number of nitriles is 2. The van der Waals surface area contributed by atoms with E-state index in [1.165, 1.54) is 0 Å². The van der Waals surface area contributed by atoms with Gasteiger partial charge in [0.15, 0.2) is 0 Å². The normalized spacial score (nSPS) is 16.7. The van der Waals surface area contributed by atoms with Gasteiger partial charge in [0.1, 0.15) is 17.9 Å². The predicted octanol–water partition coefficient (Wildman–Crippen LogP) is 8.39. The molecule has 1 saturated carbocycles. The van der Waals surface area contributed by atoms with E-state index in [1.54, 1.807) is 7.11 Å². The molecule has 3 aromatic rings. The molecule has 4 rings (SSSR count). The molecule has 3 unspecified atom stereocenters.